The van der Waals surface area contributed by atoms with Crippen LogP contribution in [0.25, 0.3) is 10.9 Å². The average molecular weight is 338 g/mol. The van der Waals surface area contributed by atoms with Gasteiger partial charge in [0.05, 0.1) is 25.4 Å². The molecule has 0 aliphatic heterocycles. The maximum absolute atomic E-state index is 12.6. The normalized spacial score (nSPS) is 10.7. The number of hydrogen-bond acceptors (Lipinski definition) is 4. The SMILES string of the molecule is COc1ccc(NCc2cc3cc(C)ccc3n(C)c2=O)c(OC)c1. The first-order valence-corrected chi connectivity index (χ1v) is 8.08. The number of aryl methyl sites for hydroxylation is 2. The molecular formula is C20H22N2O3. The summed E-state index contributed by atoms with van der Waals surface area (Å²) in [5.41, 5.74) is 3.62. The highest BCUT2D eigenvalue weighted by molar-refractivity contribution is 5.80. The van der Waals surface area contributed by atoms with Gasteiger partial charge in [0.1, 0.15) is 11.5 Å². The van der Waals surface area contributed by atoms with E-state index < -0.39 is 0 Å². The van der Waals surface area contributed by atoms with Crippen molar-refractivity contribution >= 4 is 16.6 Å². The Morgan fingerprint density at radius 2 is 1.84 bits per heavy atom. The van der Waals surface area contributed by atoms with E-state index in [0.29, 0.717) is 17.9 Å². The van der Waals surface area contributed by atoms with Crippen molar-refractivity contribution in [3.05, 3.63) is 63.9 Å². The summed E-state index contributed by atoms with van der Waals surface area (Å²) in [7, 11) is 5.03. The lowest BCUT2D eigenvalue weighted by molar-refractivity contribution is 0.395. The number of fused-ring (bicyclic) bond motifs is 1. The standard InChI is InChI=1S/C20H22N2O3/c1-13-5-8-18-14(9-13)10-15(20(23)22(18)2)12-21-17-7-6-16(24-3)11-19(17)25-4/h5-11,21H,12H2,1-4H3. The van der Waals surface area contributed by atoms with Gasteiger partial charge >= 0.3 is 0 Å². The molecule has 0 atom stereocenters. The first-order valence-electron chi connectivity index (χ1n) is 8.08. The van der Waals surface area contributed by atoms with Gasteiger partial charge in [0, 0.05) is 25.2 Å². The van der Waals surface area contributed by atoms with Gasteiger partial charge in [-0.3, -0.25) is 4.79 Å². The molecule has 0 radical (unpaired) electrons. The molecule has 3 aromatic rings. The summed E-state index contributed by atoms with van der Waals surface area (Å²) in [4.78, 5) is 12.6. The molecule has 0 spiro atoms. The second-order valence-corrected chi connectivity index (χ2v) is 6.02. The molecule has 1 aromatic heterocycles. The van der Waals surface area contributed by atoms with E-state index in [1.165, 1.54) is 5.56 Å². The molecule has 0 bridgehead atoms. The Morgan fingerprint density at radius 1 is 1.04 bits per heavy atom. The molecule has 5 heteroatoms. The lowest BCUT2D eigenvalue weighted by atomic mass is 10.1. The Kier molecular flexibility index (Phi) is 4.65. The summed E-state index contributed by atoms with van der Waals surface area (Å²) in [5, 5.41) is 4.34. The van der Waals surface area contributed by atoms with Crippen LogP contribution in [0.2, 0.25) is 0 Å². The van der Waals surface area contributed by atoms with Crippen LogP contribution < -0.4 is 20.3 Å². The second-order valence-electron chi connectivity index (χ2n) is 6.02. The zero-order chi connectivity index (χ0) is 18.0. The van der Waals surface area contributed by atoms with E-state index in [0.717, 1.165) is 22.3 Å². The number of ether oxygens (including phenoxy) is 2. The largest absolute Gasteiger partial charge is 0.497 e. The minimum absolute atomic E-state index is 0.00340. The predicted molar refractivity (Wildman–Crippen MR) is 101 cm³/mol. The van der Waals surface area contributed by atoms with Gasteiger partial charge in [-0.15, -0.1) is 0 Å². The molecule has 0 fully saturated rings. The zero-order valence-corrected chi connectivity index (χ0v) is 14.9. The Labute approximate surface area is 146 Å². The monoisotopic (exact) mass is 338 g/mol. The van der Waals surface area contributed by atoms with Gasteiger partial charge in [0.25, 0.3) is 5.56 Å². The van der Waals surface area contributed by atoms with Gasteiger partial charge in [-0.2, -0.15) is 0 Å². The molecule has 0 aliphatic rings. The van der Waals surface area contributed by atoms with E-state index in [1.807, 2.05) is 43.3 Å². The Hall–Kier alpha value is -2.95. The molecule has 0 aliphatic carbocycles. The van der Waals surface area contributed by atoms with Crippen molar-refractivity contribution in [2.75, 3.05) is 19.5 Å². The van der Waals surface area contributed by atoms with Crippen LogP contribution >= 0.6 is 0 Å². The molecule has 2 aromatic carbocycles. The van der Waals surface area contributed by atoms with Crippen LogP contribution in [0.1, 0.15) is 11.1 Å². The fraction of sp³-hybridized carbons (Fsp3) is 0.250. The first-order chi connectivity index (χ1) is 12.0. The number of pyridine rings is 1. The molecular weight excluding hydrogens is 316 g/mol. The van der Waals surface area contributed by atoms with Gasteiger partial charge in [0.15, 0.2) is 0 Å². The van der Waals surface area contributed by atoms with Gasteiger partial charge in [-0.1, -0.05) is 11.6 Å². The minimum Gasteiger partial charge on any atom is -0.497 e. The Bertz CT molecular complexity index is 977. The number of methoxy groups -OCH3 is 2. The number of hydrogen-bond donors (Lipinski definition) is 1. The van der Waals surface area contributed by atoms with Crippen molar-refractivity contribution < 1.29 is 9.47 Å². The molecule has 0 unspecified atom stereocenters. The highest BCUT2D eigenvalue weighted by Gasteiger charge is 2.09. The number of nitrogens with zero attached hydrogens (tertiary/aromatic N) is 1. The summed E-state index contributed by atoms with van der Waals surface area (Å²) in [6.07, 6.45) is 0. The molecule has 0 saturated heterocycles. The van der Waals surface area contributed by atoms with E-state index in [9.17, 15) is 4.79 Å². The first kappa shape index (κ1) is 16.9. The number of nitrogens with one attached hydrogen (secondary N) is 1. The number of rotatable bonds is 5. The zero-order valence-electron chi connectivity index (χ0n) is 14.9. The van der Waals surface area contributed by atoms with Crippen LogP contribution in [-0.2, 0) is 13.6 Å². The maximum atomic E-state index is 12.6. The summed E-state index contributed by atoms with van der Waals surface area (Å²) in [5.74, 6) is 1.40. The van der Waals surface area contributed by atoms with E-state index in [2.05, 4.69) is 11.4 Å². The molecule has 3 rings (SSSR count). The van der Waals surface area contributed by atoms with Crippen LogP contribution in [0.4, 0.5) is 5.69 Å². The van der Waals surface area contributed by atoms with Crippen molar-refractivity contribution in [1.82, 2.24) is 4.57 Å². The smallest absolute Gasteiger partial charge is 0.255 e. The van der Waals surface area contributed by atoms with Crippen molar-refractivity contribution in [1.29, 1.82) is 0 Å². The molecule has 0 saturated carbocycles. The predicted octanol–water partition coefficient (Wildman–Crippen LogP) is 3.48. The molecule has 25 heavy (non-hydrogen) atoms. The quantitative estimate of drug-likeness (QED) is 0.774. The van der Waals surface area contributed by atoms with Gasteiger partial charge < -0.3 is 19.4 Å². The van der Waals surface area contributed by atoms with Crippen LogP contribution in [0.15, 0.2) is 47.3 Å². The lowest BCUT2D eigenvalue weighted by Crippen LogP contribution is -2.23. The third-order valence-electron chi connectivity index (χ3n) is 4.33. The average Bonchev–Trinajstić information content (AvgIpc) is 2.63. The fourth-order valence-corrected chi connectivity index (χ4v) is 2.93. The topological polar surface area (TPSA) is 52.5 Å². The molecule has 1 N–H and O–H groups in total. The van der Waals surface area contributed by atoms with Crippen molar-refractivity contribution in [3.8, 4) is 11.5 Å². The number of aromatic nitrogens is 1. The highest BCUT2D eigenvalue weighted by Crippen LogP contribution is 2.29. The fourth-order valence-electron chi connectivity index (χ4n) is 2.93. The minimum atomic E-state index is -0.00340. The van der Waals surface area contributed by atoms with Gasteiger partial charge in [-0.25, -0.2) is 0 Å². The Morgan fingerprint density at radius 3 is 2.56 bits per heavy atom. The van der Waals surface area contributed by atoms with E-state index >= 15 is 0 Å². The van der Waals surface area contributed by atoms with Crippen molar-refractivity contribution in [3.63, 3.8) is 0 Å². The van der Waals surface area contributed by atoms with Crippen molar-refractivity contribution in [2.45, 2.75) is 13.5 Å². The van der Waals surface area contributed by atoms with Crippen LogP contribution in [-0.4, -0.2) is 18.8 Å². The van der Waals surface area contributed by atoms with Crippen LogP contribution in [0, 0.1) is 6.92 Å². The third kappa shape index (κ3) is 3.31. The van der Waals surface area contributed by atoms with Gasteiger partial charge in [0.2, 0.25) is 0 Å². The number of anilines is 1. The van der Waals surface area contributed by atoms with Gasteiger partial charge in [-0.05, 0) is 42.6 Å². The third-order valence-corrected chi connectivity index (χ3v) is 4.33. The van der Waals surface area contributed by atoms with Crippen molar-refractivity contribution in [2.24, 2.45) is 7.05 Å². The van der Waals surface area contributed by atoms with E-state index in [4.69, 9.17) is 9.47 Å². The maximum Gasteiger partial charge on any atom is 0.255 e. The summed E-state index contributed by atoms with van der Waals surface area (Å²) >= 11 is 0. The molecule has 5 nitrogen and oxygen atoms in total. The highest BCUT2D eigenvalue weighted by atomic mass is 16.5. The lowest BCUT2D eigenvalue weighted by Gasteiger charge is -2.14. The summed E-state index contributed by atoms with van der Waals surface area (Å²) in [6.45, 7) is 2.46. The number of benzene rings is 2. The second kappa shape index (κ2) is 6.89. The van der Waals surface area contributed by atoms with E-state index in [1.54, 1.807) is 25.8 Å². The molecule has 1 heterocycles. The van der Waals surface area contributed by atoms with Crippen LogP contribution in [0.5, 0.6) is 11.5 Å². The summed E-state index contributed by atoms with van der Waals surface area (Å²) < 4.78 is 12.3. The van der Waals surface area contributed by atoms with E-state index in [-0.39, 0.29) is 5.56 Å². The van der Waals surface area contributed by atoms with Crippen LogP contribution in [0.3, 0.4) is 0 Å². The summed E-state index contributed by atoms with van der Waals surface area (Å²) in [6, 6.07) is 13.6. The Balaban J connectivity index is 1.94. The molecule has 0 amide bonds. The molecule has 130 valence electrons.